The summed E-state index contributed by atoms with van der Waals surface area (Å²) in [5.74, 6) is -2.15. The van der Waals surface area contributed by atoms with Gasteiger partial charge in [0, 0.05) is 6.07 Å². The standard InChI is InChI=1S/C12H11NO5/c1-3-7-8(14)5-10(18-9(7)4-2)12(17)13-6-11(15)16/h3-5H,1-2,6H2,(H,13,17)(H,15,16). The molecule has 2 N–H and O–H groups in total. The van der Waals surface area contributed by atoms with Crippen LogP contribution in [0.1, 0.15) is 21.9 Å². The fourth-order valence-corrected chi connectivity index (χ4v) is 1.23. The molecule has 0 aliphatic rings. The third-order valence-corrected chi connectivity index (χ3v) is 2.03. The van der Waals surface area contributed by atoms with Gasteiger partial charge in [0.25, 0.3) is 5.91 Å². The third kappa shape index (κ3) is 2.94. The van der Waals surface area contributed by atoms with Crippen molar-refractivity contribution >= 4 is 24.0 Å². The van der Waals surface area contributed by atoms with E-state index in [9.17, 15) is 14.4 Å². The van der Waals surface area contributed by atoms with E-state index in [0.29, 0.717) is 0 Å². The van der Waals surface area contributed by atoms with Gasteiger partial charge in [-0.05, 0) is 6.08 Å². The predicted octanol–water partition coefficient (Wildman–Crippen LogP) is 0.740. The van der Waals surface area contributed by atoms with Gasteiger partial charge in [-0.1, -0.05) is 19.2 Å². The first-order valence-corrected chi connectivity index (χ1v) is 4.92. The largest absolute Gasteiger partial charge is 0.480 e. The molecule has 0 fully saturated rings. The second kappa shape index (κ2) is 5.62. The molecular formula is C12H11NO5. The van der Waals surface area contributed by atoms with Crippen LogP contribution in [0.3, 0.4) is 0 Å². The van der Waals surface area contributed by atoms with Crippen molar-refractivity contribution in [1.82, 2.24) is 5.32 Å². The molecule has 0 spiro atoms. The Kier molecular flexibility index (Phi) is 4.20. The van der Waals surface area contributed by atoms with Crippen LogP contribution in [-0.4, -0.2) is 23.5 Å². The number of aliphatic carboxylic acids is 1. The van der Waals surface area contributed by atoms with Gasteiger partial charge in [-0.25, -0.2) is 0 Å². The molecule has 94 valence electrons. The molecule has 0 aliphatic heterocycles. The summed E-state index contributed by atoms with van der Waals surface area (Å²) < 4.78 is 5.13. The SMILES string of the molecule is C=Cc1oc(C(=O)NCC(=O)O)cc(=O)c1C=C. The molecule has 0 unspecified atom stereocenters. The molecule has 1 amide bonds. The van der Waals surface area contributed by atoms with Crippen LogP contribution >= 0.6 is 0 Å². The van der Waals surface area contributed by atoms with E-state index >= 15 is 0 Å². The number of carbonyl (C=O) groups excluding carboxylic acids is 1. The maximum Gasteiger partial charge on any atom is 0.322 e. The van der Waals surface area contributed by atoms with Gasteiger partial charge in [0.1, 0.15) is 12.3 Å². The van der Waals surface area contributed by atoms with Crippen LogP contribution in [0.2, 0.25) is 0 Å². The van der Waals surface area contributed by atoms with Crippen LogP contribution < -0.4 is 10.7 Å². The van der Waals surface area contributed by atoms with Crippen molar-refractivity contribution in [3.8, 4) is 0 Å². The molecule has 0 saturated heterocycles. The van der Waals surface area contributed by atoms with E-state index in [1.54, 1.807) is 0 Å². The van der Waals surface area contributed by atoms with Crippen LogP contribution in [0.4, 0.5) is 0 Å². The maximum atomic E-state index is 11.6. The topological polar surface area (TPSA) is 96.6 Å². The van der Waals surface area contributed by atoms with Gasteiger partial charge in [0.2, 0.25) is 0 Å². The summed E-state index contributed by atoms with van der Waals surface area (Å²) in [5.41, 5.74) is -0.258. The lowest BCUT2D eigenvalue weighted by atomic mass is 10.2. The highest BCUT2D eigenvalue weighted by atomic mass is 16.4. The van der Waals surface area contributed by atoms with Crippen LogP contribution in [0.25, 0.3) is 12.2 Å². The first-order valence-electron chi connectivity index (χ1n) is 4.92. The summed E-state index contributed by atoms with van der Waals surface area (Å²) in [6, 6.07) is 0.973. The monoisotopic (exact) mass is 249 g/mol. The molecule has 0 aromatic carbocycles. The van der Waals surface area contributed by atoms with Gasteiger partial charge in [0.05, 0.1) is 5.56 Å². The molecule has 0 atom stereocenters. The molecule has 18 heavy (non-hydrogen) atoms. The van der Waals surface area contributed by atoms with Crippen molar-refractivity contribution < 1.29 is 19.1 Å². The zero-order valence-electron chi connectivity index (χ0n) is 9.43. The van der Waals surface area contributed by atoms with E-state index in [1.807, 2.05) is 0 Å². The molecule has 6 nitrogen and oxygen atoms in total. The zero-order valence-corrected chi connectivity index (χ0v) is 9.43. The number of hydrogen-bond donors (Lipinski definition) is 2. The van der Waals surface area contributed by atoms with E-state index in [4.69, 9.17) is 9.52 Å². The van der Waals surface area contributed by atoms with Gasteiger partial charge in [-0.2, -0.15) is 0 Å². The fourth-order valence-electron chi connectivity index (χ4n) is 1.23. The molecule has 1 aromatic rings. The highest BCUT2D eigenvalue weighted by molar-refractivity contribution is 5.93. The lowest BCUT2D eigenvalue weighted by Crippen LogP contribution is -2.30. The maximum absolute atomic E-state index is 11.6. The third-order valence-electron chi connectivity index (χ3n) is 2.03. The van der Waals surface area contributed by atoms with Crippen molar-refractivity contribution in [3.63, 3.8) is 0 Å². The molecule has 0 aliphatic carbocycles. The van der Waals surface area contributed by atoms with Gasteiger partial charge in [-0.3, -0.25) is 14.4 Å². The minimum absolute atomic E-state index is 0.109. The van der Waals surface area contributed by atoms with Crippen molar-refractivity contribution in [2.24, 2.45) is 0 Å². The van der Waals surface area contributed by atoms with Crippen LogP contribution in [0, 0.1) is 0 Å². The molecule has 1 rings (SSSR count). The summed E-state index contributed by atoms with van der Waals surface area (Å²) in [4.78, 5) is 33.4. The van der Waals surface area contributed by atoms with E-state index in [1.165, 1.54) is 12.2 Å². The smallest absolute Gasteiger partial charge is 0.322 e. The van der Waals surface area contributed by atoms with Crippen molar-refractivity contribution in [2.45, 2.75) is 0 Å². The number of nitrogens with one attached hydrogen (secondary N) is 1. The Bertz CT molecular complexity index is 570. The Morgan fingerprint density at radius 3 is 2.56 bits per heavy atom. The summed E-state index contributed by atoms with van der Waals surface area (Å²) in [7, 11) is 0. The molecule has 6 heteroatoms. The predicted molar refractivity (Wildman–Crippen MR) is 65.1 cm³/mol. The van der Waals surface area contributed by atoms with E-state index in [2.05, 4.69) is 18.5 Å². The normalized spacial score (nSPS) is 9.56. The Balaban J connectivity index is 3.12. The van der Waals surface area contributed by atoms with E-state index in [-0.39, 0.29) is 17.1 Å². The lowest BCUT2D eigenvalue weighted by molar-refractivity contribution is -0.135. The zero-order chi connectivity index (χ0) is 13.7. The average molecular weight is 249 g/mol. The second-order valence-corrected chi connectivity index (χ2v) is 3.24. The number of carboxylic acids is 1. The summed E-state index contributed by atoms with van der Waals surface area (Å²) in [5, 5.41) is 10.5. The Morgan fingerprint density at radius 1 is 1.39 bits per heavy atom. The van der Waals surface area contributed by atoms with E-state index in [0.717, 1.165) is 6.07 Å². The highest BCUT2D eigenvalue weighted by Gasteiger charge is 2.14. The van der Waals surface area contributed by atoms with Crippen LogP contribution in [-0.2, 0) is 4.79 Å². The van der Waals surface area contributed by atoms with Crippen molar-refractivity contribution in [2.75, 3.05) is 6.54 Å². The summed E-state index contributed by atoms with van der Waals surface area (Å²) in [6.07, 6.45) is 2.56. The molecule has 0 radical (unpaired) electrons. The fraction of sp³-hybridized carbons (Fsp3) is 0.0833. The molecule has 0 saturated carbocycles. The average Bonchev–Trinajstić information content (AvgIpc) is 2.34. The lowest BCUT2D eigenvalue weighted by Gasteiger charge is -2.04. The minimum Gasteiger partial charge on any atom is -0.480 e. The van der Waals surface area contributed by atoms with Crippen molar-refractivity contribution in [1.29, 1.82) is 0 Å². The number of hydrogen-bond acceptors (Lipinski definition) is 4. The first kappa shape index (κ1) is 13.4. The molecule has 0 bridgehead atoms. The molecule has 1 aromatic heterocycles. The number of carboxylic acid groups (broad SMARTS) is 1. The first-order chi connectivity index (χ1) is 8.49. The van der Waals surface area contributed by atoms with Crippen LogP contribution in [0.15, 0.2) is 28.4 Å². The minimum atomic E-state index is -1.20. The van der Waals surface area contributed by atoms with Gasteiger partial charge in [0.15, 0.2) is 11.2 Å². The molecular weight excluding hydrogens is 238 g/mol. The van der Waals surface area contributed by atoms with E-state index < -0.39 is 23.9 Å². The van der Waals surface area contributed by atoms with Crippen LogP contribution in [0.5, 0.6) is 0 Å². The number of carbonyl (C=O) groups is 2. The Hall–Kier alpha value is -2.63. The highest BCUT2D eigenvalue weighted by Crippen LogP contribution is 2.10. The second-order valence-electron chi connectivity index (χ2n) is 3.24. The summed E-state index contributed by atoms with van der Waals surface area (Å²) in [6.45, 7) is 6.34. The summed E-state index contributed by atoms with van der Waals surface area (Å²) >= 11 is 0. The quantitative estimate of drug-likeness (QED) is 0.802. The number of amides is 1. The Morgan fingerprint density at radius 2 is 2.06 bits per heavy atom. The van der Waals surface area contributed by atoms with Gasteiger partial charge < -0.3 is 14.8 Å². The van der Waals surface area contributed by atoms with Crippen molar-refractivity contribution in [3.05, 3.63) is 46.5 Å². The van der Waals surface area contributed by atoms with Gasteiger partial charge >= 0.3 is 5.97 Å². The van der Waals surface area contributed by atoms with Gasteiger partial charge in [-0.15, -0.1) is 0 Å². The molecule has 1 heterocycles. The Labute approximate surface area is 102 Å². The number of rotatable bonds is 5.